The Labute approximate surface area is 101 Å². The molecule has 1 aromatic heterocycles. The van der Waals surface area contributed by atoms with E-state index in [0.717, 1.165) is 12.1 Å². The van der Waals surface area contributed by atoms with Crippen LogP contribution in [0.3, 0.4) is 0 Å². The first kappa shape index (κ1) is 12.0. The van der Waals surface area contributed by atoms with Crippen LogP contribution in [0.25, 0.3) is 0 Å². The molecule has 1 fully saturated rings. The Hall–Kier alpha value is -1.52. The summed E-state index contributed by atoms with van der Waals surface area (Å²) in [5, 5.41) is 0. The fourth-order valence-electron chi connectivity index (χ4n) is 1.92. The minimum Gasteiger partial charge on any atom is -0.451 e. The van der Waals surface area contributed by atoms with Crippen molar-refractivity contribution < 1.29 is 13.9 Å². The molecule has 0 aliphatic carbocycles. The first-order valence-corrected chi connectivity index (χ1v) is 5.82. The number of aromatic nitrogens is 1. The Morgan fingerprint density at radius 3 is 2.94 bits per heavy atom. The second-order valence-corrected chi connectivity index (χ2v) is 5.33. The van der Waals surface area contributed by atoms with E-state index in [-0.39, 0.29) is 12.0 Å². The first-order valence-electron chi connectivity index (χ1n) is 5.82. The van der Waals surface area contributed by atoms with E-state index in [1.807, 2.05) is 20.8 Å². The Morgan fingerprint density at radius 1 is 1.59 bits per heavy atom. The van der Waals surface area contributed by atoms with Crippen molar-refractivity contribution in [2.45, 2.75) is 38.7 Å². The summed E-state index contributed by atoms with van der Waals surface area (Å²) in [5.74, 6) is 0.265. The molecular weight excluding hydrogens is 220 g/mol. The standard InChI is InChI=1S/C12H18N2O3/c1-12(2,3)17-11(15)14-5-4-9(6-14)10-7-16-8-13-10/h7-9H,4-6H2,1-3H3/t9-/m1/s1. The van der Waals surface area contributed by atoms with Gasteiger partial charge in [0.2, 0.25) is 0 Å². The van der Waals surface area contributed by atoms with Crippen molar-refractivity contribution in [3.8, 4) is 0 Å². The summed E-state index contributed by atoms with van der Waals surface area (Å²) in [6.45, 7) is 6.98. The van der Waals surface area contributed by atoms with Gasteiger partial charge in [-0.05, 0) is 27.2 Å². The molecule has 1 saturated heterocycles. The molecule has 0 spiro atoms. The van der Waals surface area contributed by atoms with E-state index in [0.29, 0.717) is 13.1 Å². The lowest BCUT2D eigenvalue weighted by Crippen LogP contribution is -2.35. The van der Waals surface area contributed by atoms with Crippen LogP contribution in [-0.4, -0.2) is 34.7 Å². The number of hydrogen-bond donors (Lipinski definition) is 0. The predicted molar refractivity (Wildman–Crippen MR) is 61.7 cm³/mol. The van der Waals surface area contributed by atoms with Crippen molar-refractivity contribution in [3.63, 3.8) is 0 Å². The topological polar surface area (TPSA) is 55.6 Å². The molecule has 0 saturated carbocycles. The van der Waals surface area contributed by atoms with E-state index < -0.39 is 5.60 Å². The predicted octanol–water partition coefficient (Wildman–Crippen LogP) is 2.40. The molecule has 17 heavy (non-hydrogen) atoms. The van der Waals surface area contributed by atoms with Gasteiger partial charge in [-0.15, -0.1) is 0 Å². The van der Waals surface area contributed by atoms with Gasteiger partial charge in [-0.25, -0.2) is 9.78 Å². The van der Waals surface area contributed by atoms with Gasteiger partial charge in [0.15, 0.2) is 6.39 Å². The minimum absolute atomic E-state index is 0.247. The molecule has 0 aromatic carbocycles. The van der Waals surface area contributed by atoms with Crippen LogP contribution < -0.4 is 0 Å². The van der Waals surface area contributed by atoms with Crippen LogP contribution in [0.15, 0.2) is 17.1 Å². The van der Waals surface area contributed by atoms with Crippen LogP contribution in [0.2, 0.25) is 0 Å². The summed E-state index contributed by atoms with van der Waals surface area (Å²) >= 11 is 0. The van der Waals surface area contributed by atoms with Crippen molar-refractivity contribution in [1.82, 2.24) is 9.88 Å². The average Bonchev–Trinajstić information content (AvgIpc) is 2.86. The Bertz CT molecular complexity index is 381. The minimum atomic E-state index is -0.441. The van der Waals surface area contributed by atoms with Gasteiger partial charge in [0.25, 0.3) is 0 Å². The third kappa shape index (κ3) is 2.99. The van der Waals surface area contributed by atoms with Gasteiger partial charge >= 0.3 is 6.09 Å². The highest BCUT2D eigenvalue weighted by atomic mass is 16.6. The fraction of sp³-hybridized carbons (Fsp3) is 0.667. The molecule has 1 aliphatic rings. The molecule has 94 valence electrons. The largest absolute Gasteiger partial charge is 0.451 e. The highest BCUT2D eigenvalue weighted by Crippen LogP contribution is 2.26. The SMILES string of the molecule is CC(C)(C)OC(=O)N1CC[C@@H](c2cocn2)C1. The number of hydrogen-bond acceptors (Lipinski definition) is 4. The molecule has 1 aliphatic heterocycles. The molecule has 0 radical (unpaired) electrons. The van der Waals surface area contributed by atoms with Crippen LogP contribution in [-0.2, 0) is 4.74 Å². The highest BCUT2D eigenvalue weighted by molar-refractivity contribution is 5.68. The van der Waals surface area contributed by atoms with Crippen molar-refractivity contribution in [2.75, 3.05) is 13.1 Å². The van der Waals surface area contributed by atoms with Crippen LogP contribution in [0.5, 0.6) is 0 Å². The average molecular weight is 238 g/mol. The monoisotopic (exact) mass is 238 g/mol. The van der Waals surface area contributed by atoms with E-state index >= 15 is 0 Å². The lowest BCUT2D eigenvalue weighted by atomic mass is 10.1. The van der Waals surface area contributed by atoms with Crippen LogP contribution in [0.4, 0.5) is 4.79 Å². The summed E-state index contributed by atoms with van der Waals surface area (Å²) in [6.07, 6.45) is 3.73. The summed E-state index contributed by atoms with van der Waals surface area (Å²) < 4.78 is 10.3. The molecule has 1 aromatic rings. The molecule has 1 amide bonds. The van der Waals surface area contributed by atoms with Gasteiger partial charge in [0, 0.05) is 19.0 Å². The summed E-state index contributed by atoms with van der Waals surface area (Å²) in [5.41, 5.74) is 0.472. The summed E-state index contributed by atoms with van der Waals surface area (Å²) in [4.78, 5) is 17.7. The summed E-state index contributed by atoms with van der Waals surface area (Å²) in [7, 11) is 0. The van der Waals surface area contributed by atoms with Gasteiger partial charge in [0.1, 0.15) is 11.9 Å². The number of rotatable bonds is 1. The maximum atomic E-state index is 11.8. The Kier molecular flexibility index (Phi) is 3.09. The molecule has 5 heteroatoms. The maximum Gasteiger partial charge on any atom is 0.410 e. The van der Waals surface area contributed by atoms with E-state index in [1.54, 1.807) is 11.2 Å². The highest BCUT2D eigenvalue weighted by Gasteiger charge is 2.31. The lowest BCUT2D eigenvalue weighted by molar-refractivity contribution is 0.0292. The van der Waals surface area contributed by atoms with Crippen LogP contribution >= 0.6 is 0 Å². The summed E-state index contributed by atoms with van der Waals surface area (Å²) in [6, 6.07) is 0. The van der Waals surface area contributed by atoms with E-state index in [4.69, 9.17) is 9.15 Å². The number of amides is 1. The number of ether oxygens (including phenoxy) is 1. The fourth-order valence-corrected chi connectivity index (χ4v) is 1.92. The zero-order valence-electron chi connectivity index (χ0n) is 10.5. The van der Waals surface area contributed by atoms with Gasteiger partial charge in [0.05, 0.1) is 5.69 Å². The molecule has 0 bridgehead atoms. The molecule has 1 atom stereocenters. The molecule has 5 nitrogen and oxygen atoms in total. The van der Waals surface area contributed by atoms with Gasteiger partial charge in [-0.3, -0.25) is 0 Å². The third-order valence-electron chi connectivity index (χ3n) is 2.71. The number of oxazole rings is 1. The van der Waals surface area contributed by atoms with Crippen molar-refractivity contribution in [2.24, 2.45) is 0 Å². The van der Waals surface area contributed by atoms with E-state index in [1.165, 1.54) is 6.39 Å². The quantitative estimate of drug-likeness (QED) is 0.753. The normalized spacial score (nSPS) is 20.6. The molecule has 2 rings (SSSR count). The van der Waals surface area contributed by atoms with Gasteiger partial charge < -0.3 is 14.1 Å². The maximum absolute atomic E-state index is 11.8. The number of carbonyl (C=O) groups is 1. The van der Waals surface area contributed by atoms with Crippen LogP contribution in [0, 0.1) is 0 Å². The number of carbonyl (C=O) groups excluding carboxylic acids is 1. The van der Waals surface area contributed by atoms with Crippen LogP contribution in [0.1, 0.15) is 38.8 Å². The molecular formula is C12H18N2O3. The van der Waals surface area contributed by atoms with Gasteiger partial charge in [-0.1, -0.05) is 0 Å². The van der Waals surface area contributed by atoms with Gasteiger partial charge in [-0.2, -0.15) is 0 Å². The smallest absolute Gasteiger partial charge is 0.410 e. The first-order chi connectivity index (χ1) is 7.96. The van der Waals surface area contributed by atoms with Crippen molar-refractivity contribution in [3.05, 3.63) is 18.4 Å². The van der Waals surface area contributed by atoms with Crippen molar-refractivity contribution in [1.29, 1.82) is 0 Å². The number of nitrogens with zero attached hydrogens (tertiary/aromatic N) is 2. The molecule has 0 unspecified atom stereocenters. The zero-order valence-corrected chi connectivity index (χ0v) is 10.5. The van der Waals surface area contributed by atoms with Crippen molar-refractivity contribution >= 4 is 6.09 Å². The zero-order chi connectivity index (χ0) is 12.5. The second-order valence-electron chi connectivity index (χ2n) is 5.33. The van der Waals surface area contributed by atoms with E-state index in [9.17, 15) is 4.79 Å². The Balaban J connectivity index is 1.92. The Morgan fingerprint density at radius 2 is 2.35 bits per heavy atom. The molecule has 2 heterocycles. The number of likely N-dealkylation sites (tertiary alicyclic amines) is 1. The lowest BCUT2D eigenvalue weighted by Gasteiger charge is -2.24. The van der Waals surface area contributed by atoms with E-state index in [2.05, 4.69) is 4.98 Å². The molecule has 0 N–H and O–H groups in total. The second kappa shape index (κ2) is 4.39. The third-order valence-corrected chi connectivity index (χ3v) is 2.71.